The van der Waals surface area contributed by atoms with Gasteiger partial charge in [0, 0.05) is 0 Å². The zero-order valence-corrected chi connectivity index (χ0v) is 21.8. The first-order chi connectivity index (χ1) is 17.0. The number of hydrogen-bond donors (Lipinski definition) is 1. The highest BCUT2D eigenvalue weighted by Gasteiger charge is 2.60. The van der Waals surface area contributed by atoms with E-state index in [0.717, 1.165) is 37.9 Å². The zero-order valence-electron chi connectivity index (χ0n) is 21.8. The average Bonchev–Trinajstić information content (AvgIpc) is 3.15. The second kappa shape index (κ2) is 10.5. The van der Waals surface area contributed by atoms with Gasteiger partial charge >= 0.3 is 0 Å². The van der Waals surface area contributed by atoms with Crippen LogP contribution in [0.5, 0.6) is 5.75 Å². The van der Waals surface area contributed by atoms with Gasteiger partial charge in [0.1, 0.15) is 12.4 Å². The topological polar surface area (TPSA) is 29.5 Å². The van der Waals surface area contributed by atoms with Crippen LogP contribution in [0.1, 0.15) is 101 Å². The Morgan fingerprint density at radius 2 is 1.86 bits per heavy atom. The van der Waals surface area contributed by atoms with Crippen LogP contribution in [0.4, 0.5) is 0 Å². The third-order valence-corrected chi connectivity index (χ3v) is 9.86. The molecular weight excluding hydrogens is 428 g/mol. The molecule has 0 amide bonds. The number of aryl methyl sites for hydroxylation is 1. The first kappa shape index (κ1) is 24.6. The summed E-state index contributed by atoms with van der Waals surface area (Å²) in [6, 6.07) is 17.3. The largest absolute Gasteiger partial charge is 0.489 e. The van der Waals surface area contributed by atoms with Crippen molar-refractivity contribution in [1.82, 2.24) is 0 Å². The summed E-state index contributed by atoms with van der Waals surface area (Å²) in [5, 5.41) is 11.9. The van der Waals surface area contributed by atoms with Crippen LogP contribution in [0.25, 0.3) is 0 Å². The maximum Gasteiger partial charge on any atom is 0.120 e. The summed E-state index contributed by atoms with van der Waals surface area (Å²) in [4.78, 5) is 0. The Labute approximate surface area is 212 Å². The molecule has 5 atom stereocenters. The Kier molecular flexibility index (Phi) is 7.39. The molecule has 0 saturated heterocycles. The molecule has 2 aromatic carbocycles. The molecule has 188 valence electrons. The lowest BCUT2D eigenvalue weighted by Crippen LogP contribution is -2.50. The molecule has 2 nitrogen and oxygen atoms in total. The fourth-order valence-corrected chi connectivity index (χ4v) is 7.74. The maximum absolute atomic E-state index is 11.9. The van der Waals surface area contributed by atoms with E-state index in [9.17, 15) is 5.11 Å². The fourth-order valence-electron chi connectivity index (χ4n) is 7.74. The van der Waals surface area contributed by atoms with Crippen LogP contribution in [0.3, 0.4) is 0 Å². The van der Waals surface area contributed by atoms with Crippen LogP contribution in [-0.2, 0) is 13.0 Å². The van der Waals surface area contributed by atoms with E-state index in [4.69, 9.17) is 4.74 Å². The van der Waals surface area contributed by atoms with Gasteiger partial charge in [0.25, 0.3) is 0 Å². The van der Waals surface area contributed by atoms with Gasteiger partial charge in [-0.1, -0.05) is 75.2 Å². The lowest BCUT2D eigenvalue weighted by atomic mass is 9.53. The maximum atomic E-state index is 11.9. The Morgan fingerprint density at radius 3 is 2.69 bits per heavy atom. The van der Waals surface area contributed by atoms with E-state index in [0.29, 0.717) is 24.4 Å². The van der Waals surface area contributed by atoms with E-state index in [1.165, 1.54) is 49.7 Å². The lowest BCUT2D eigenvalue weighted by molar-refractivity contribution is -0.100. The minimum atomic E-state index is -0.528. The van der Waals surface area contributed by atoms with Crippen molar-refractivity contribution in [3.8, 4) is 5.75 Å². The summed E-state index contributed by atoms with van der Waals surface area (Å²) in [5.41, 5.74) is 3.78. The van der Waals surface area contributed by atoms with Gasteiger partial charge < -0.3 is 9.84 Å². The molecule has 2 heteroatoms. The van der Waals surface area contributed by atoms with E-state index in [1.807, 2.05) is 6.07 Å². The van der Waals surface area contributed by atoms with Crippen LogP contribution in [0.15, 0.2) is 60.7 Å². The minimum Gasteiger partial charge on any atom is -0.489 e. The number of rotatable bonds is 9. The summed E-state index contributed by atoms with van der Waals surface area (Å²) in [6.07, 6.45) is 17.4. The molecule has 3 aliphatic rings. The zero-order chi connectivity index (χ0) is 24.3. The Morgan fingerprint density at radius 1 is 1.00 bits per heavy atom. The number of fused-ring (bicyclic) bond motifs is 5. The summed E-state index contributed by atoms with van der Waals surface area (Å²) >= 11 is 0. The third kappa shape index (κ3) is 4.84. The quantitative estimate of drug-likeness (QED) is 0.293. The predicted octanol–water partition coefficient (Wildman–Crippen LogP) is 8.38. The molecule has 5 rings (SSSR count). The van der Waals surface area contributed by atoms with E-state index in [1.54, 1.807) is 5.56 Å². The Balaban J connectivity index is 1.25. The summed E-state index contributed by atoms with van der Waals surface area (Å²) in [5.74, 6) is 2.99. The van der Waals surface area contributed by atoms with E-state index in [2.05, 4.69) is 68.5 Å². The normalized spacial score (nSPS) is 31.7. The van der Waals surface area contributed by atoms with Crippen molar-refractivity contribution >= 4 is 0 Å². The van der Waals surface area contributed by atoms with Crippen LogP contribution in [0.2, 0.25) is 0 Å². The number of ether oxygens (including phenoxy) is 1. The van der Waals surface area contributed by atoms with Gasteiger partial charge in [-0.3, -0.25) is 0 Å². The van der Waals surface area contributed by atoms with Gasteiger partial charge in [0.15, 0.2) is 0 Å². The molecule has 0 aromatic heterocycles. The number of allylic oxidation sites excluding steroid dienone is 1. The van der Waals surface area contributed by atoms with Crippen LogP contribution in [-0.4, -0.2) is 10.7 Å². The SMILES string of the molecule is CCCCC/C=C\C[C@]1(O)CC[C@H]2[C@@H]3CCc4cc(OCc5ccccc5)ccc4[C@H]3CC[C@@]21C. The molecule has 0 unspecified atom stereocenters. The van der Waals surface area contributed by atoms with Crippen molar-refractivity contribution in [1.29, 1.82) is 0 Å². The van der Waals surface area contributed by atoms with Crippen molar-refractivity contribution in [2.75, 3.05) is 0 Å². The highest BCUT2D eigenvalue weighted by molar-refractivity contribution is 5.41. The second-order valence-electron chi connectivity index (χ2n) is 11.7. The van der Waals surface area contributed by atoms with Gasteiger partial charge in [0.05, 0.1) is 5.60 Å². The molecule has 1 N–H and O–H groups in total. The molecule has 2 saturated carbocycles. The van der Waals surface area contributed by atoms with Crippen LogP contribution in [0, 0.1) is 17.3 Å². The average molecular weight is 473 g/mol. The number of aliphatic hydroxyl groups is 1. The third-order valence-electron chi connectivity index (χ3n) is 9.86. The highest BCUT2D eigenvalue weighted by Crippen LogP contribution is 2.65. The van der Waals surface area contributed by atoms with E-state index < -0.39 is 5.60 Å². The van der Waals surface area contributed by atoms with Gasteiger partial charge in [-0.05, 0) is 110 Å². The Hall–Kier alpha value is -2.06. The lowest BCUT2D eigenvalue weighted by Gasteiger charge is -2.53. The summed E-state index contributed by atoms with van der Waals surface area (Å²) < 4.78 is 6.14. The fraction of sp³-hybridized carbons (Fsp3) is 0.576. The molecule has 0 heterocycles. The van der Waals surface area contributed by atoms with E-state index in [-0.39, 0.29) is 5.41 Å². The van der Waals surface area contributed by atoms with Crippen molar-refractivity contribution in [2.45, 2.75) is 103 Å². The van der Waals surface area contributed by atoms with Gasteiger partial charge in [0.2, 0.25) is 0 Å². The second-order valence-corrected chi connectivity index (χ2v) is 11.7. The standard InChI is InChI=1S/C33H44O2/c1-3-4-5-6-7-11-20-33(34)22-19-31-30-16-14-26-23-27(35-24-25-12-9-8-10-13-25)15-17-28(26)29(30)18-21-32(31,33)2/h7-13,15,17,23,29-31,34H,3-6,14,16,18-22,24H2,1-2H3/b11-7-/t29-,30-,31+,32+,33+/m1/s1. The smallest absolute Gasteiger partial charge is 0.120 e. The molecule has 35 heavy (non-hydrogen) atoms. The monoisotopic (exact) mass is 472 g/mol. The van der Waals surface area contributed by atoms with Crippen molar-refractivity contribution in [2.24, 2.45) is 17.3 Å². The van der Waals surface area contributed by atoms with Crippen molar-refractivity contribution < 1.29 is 9.84 Å². The summed E-state index contributed by atoms with van der Waals surface area (Å²) in [7, 11) is 0. The Bertz CT molecular complexity index is 1010. The number of unbranched alkanes of at least 4 members (excludes halogenated alkanes) is 3. The van der Waals surface area contributed by atoms with Gasteiger partial charge in [-0.2, -0.15) is 0 Å². The molecule has 2 aromatic rings. The molecular formula is C33H44O2. The van der Waals surface area contributed by atoms with Crippen molar-refractivity contribution in [3.05, 3.63) is 77.4 Å². The molecule has 2 fully saturated rings. The van der Waals surface area contributed by atoms with Crippen molar-refractivity contribution in [3.63, 3.8) is 0 Å². The molecule has 0 radical (unpaired) electrons. The van der Waals surface area contributed by atoms with E-state index >= 15 is 0 Å². The predicted molar refractivity (Wildman–Crippen MR) is 145 cm³/mol. The number of hydrogen-bond acceptors (Lipinski definition) is 2. The van der Waals surface area contributed by atoms with Gasteiger partial charge in [-0.15, -0.1) is 0 Å². The number of benzene rings is 2. The summed E-state index contributed by atoms with van der Waals surface area (Å²) in [6.45, 7) is 5.30. The molecule has 0 bridgehead atoms. The van der Waals surface area contributed by atoms with Crippen LogP contribution < -0.4 is 4.74 Å². The molecule has 3 aliphatic carbocycles. The minimum absolute atomic E-state index is 0.0537. The van der Waals surface area contributed by atoms with Crippen LogP contribution >= 0.6 is 0 Å². The molecule has 0 aliphatic heterocycles. The first-order valence-corrected chi connectivity index (χ1v) is 14.2. The molecule has 0 spiro atoms. The first-order valence-electron chi connectivity index (χ1n) is 14.2. The van der Waals surface area contributed by atoms with Gasteiger partial charge in [-0.25, -0.2) is 0 Å². The highest BCUT2D eigenvalue weighted by atomic mass is 16.5.